The Balaban J connectivity index is 1.81. The molecule has 0 amide bonds. The van der Waals surface area contributed by atoms with E-state index in [2.05, 4.69) is 32.9 Å². The Morgan fingerprint density at radius 1 is 0.950 bits per heavy atom. The minimum Gasteiger partial charge on any atom is -0.327 e. The molecule has 0 spiro atoms. The van der Waals surface area contributed by atoms with Crippen LogP contribution in [0.2, 0.25) is 0 Å². The van der Waals surface area contributed by atoms with Gasteiger partial charge in [0.2, 0.25) is 0 Å². The molecule has 0 aliphatic heterocycles. The molecule has 1 aromatic rings. The van der Waals surface area contributed by atoms with Gasteiger partial charge in [-0.05, 0) is 98.3 Å². The van der Waals surface area contributed by atoms with Crippen molar-refractivity contribution >= 4 is 0 Å². The molecule has 0 radical (unpaired) electrons. The highest BCUT2D eigenvalue weighted by Gasteiger charge is 2.55. The summed E-state index contributed by atoms with van der Waals surface area (Å²) in [4.78, 5) is 0. The minimum absolute atomic E-state index is 0.467. The van der Waals surface area contributed by atoms with Crippen LogP contribution < -0.4 is 5.73 Å². The molecule has 4 aliphatic carbocycles. The average molecular weight is 269 g/mol. The zero-order valence-electron chi connectivity index (χ0n) is 13.1. The van der Waals surface area contributed by atoms with Crippen LogP contribution in [0.3, 0.4) is 0 Å². The van der Waals surface area contributed by atoms with Gasteiger partial charge in [-0.25, -0.2) is 0 Å². The fraction of sp³-hybridized carbons (Fsp3) is 0.684. The highest BCUT2D eigenvalue weighted by atomic mass is 14.7. The average Bonchev–Trinajstić information content (AvgIpc) is 2.41. The summed E-state index contributed by atoms with van der Waals surface area (Å²) in [7, 11) is 0. The van der Waals surface area contributed by atoms with Crippen molar-refractivity contribution in [2.24, 2.45) is 23.5 Å². The Kier molecular flexibility index (Phi) is 2.64. The van der Waals surface area contributed by atoms with E-state index in [0.29, 0.717) is 11.5 Å². The first-order valence-electron chi connectivity index (χ1n) is 8.33. The molecule has 0 heterocycles. The summed E-state index contributed by atoms with van der Waals surface area (Å²) in [6.45, 7) is 6.87. The van der Waals surface area contributed by atoms with E-state index in [4.69, 9.17) is 5.73 Å². The Hall–Kier alpha value is -0.820. The van der Waals surface area contributed by atoms with Crippen molar-refractivity contribution in [2.45, 2.75) is 64.3 Å². The van der Waals surface area contributed by atoms with Crippen LogP contribution in [0.5, 0.6) is 0 Å². The topological polar surface area (TPSA) is 26.0 Å². The predicted molar refractivity (Wildman–Crippen MR) is 83.9 cm³/mol. The third-order valence-electron chi connectivity index (χ3n) is 6.98. The van der Waals surface area contributed by atoms with E-state index in [9.17, 15) is 0 Å². The maximum absolute atomic E-state index is 6.50. The smallest absolute Gasteiger partial charge is 0.00964 e. The molecule has 4 saturated carbocycles. The number of rotatable bonds is 1. The molecule has 4 aliphatic rings. The van der Waals surface area contributed by atoms with Crippen molar-refractivity contribution in [3.05, 3.63) is 34.4 Å². The van der Waals surface area contributed by atoms with Crippen LogP contribution >= 0.6 is 0 Å². The van der Waals surface area contributed by atoms with Gasteiger partial charge in [0, 0.05) is 6.04 Å². The maximum Gasteiger partial charge on any atom is 0.00964 e. The van der Waals surface area contributed by atoms with Gasteiger partial charge in [0.15, 0.2) is 0 Å². The number of nitrogens with two attached hydrogens (primary N) is 1. The molecule has 108 valence electrons. The first kappa shape index (κ1) is 12.9. The van der Waals surface area contributed by atoms with Gasteiger partial charge in [0.25, 0.3) is 0 Å². The van der Waals surface area contributed by atoms with Crippen LogP contribution in [-0.2, 0) is 5.41 Å². The van der Waals surface area contributed by atoms with Crippen molar-refractivity contribution < 1.29 is 0 Å². The van der Waals surface area contributed by atoms with E-state index in [1.165, 1.54) is 43.2 Å². The summed E-state index contributed by atoms with van der Waals surface area (Å²) in [5.41, 5.74) is 13.1. The lowest BCUT2D eigenvalue weighted by molar-refractivity contribution is -0.0229. The van der Waals surface area contributed by atoms with Crippen LogP contribution in [0, 0.1) is 38.5 Å². The van der Waals surface area contributed by atoms with E-state index in [-0.39, 0.29) is 0 Å². The molecular formula is C19H27N. The van der Waals surface area contributed by atoms with Gasteiger partial charge in [0.1, 0.15) is 0 Å². The molecule has 2 unspecified atom stereocenters. The molecule has 5 rings (SSSR count). The largest absolute Gasteiger partial charge is 0.327 e. The van der Waals surface area contributed by atoms with Gasteiger partial charge in [0.05, 0.1) is 0 Å². The standard InChI is InChI=1S/C19H27N/c1-11-4-5-17(13(3)12(11)2)19-8-14-6-15(9-19)18(20)16(7-14)10-19/h4-5,14-16,18H,6-10,20H2,1-3H3. The second-order valence-corrected chi connectivity index (χ2v) is 8.01. The maximum atomic E-state index is 6.50. The van der Waals surface area contributed by atoms with Gasteiger partial charge in [-0.2, -0.15) is 0 Å². The Morgan fingerprint density at radius 2 is 1.60 bits per heavy atom. The van der Waals surface area contributed by atoms with Gasteiger partial charge in [-0.1, -0.05) is 12.1 Å². The third-order valence-corrected chi connectivity index (χ3v) is 6.98. The third kappa shape index (κ3) is 1.59. The Morgan fingerprint density at radius 3 is 2.25 bits per heavy atom. The van der Waals surface area contributed by atoms with E-state index in [0.717, 1.165) is 17.8 Å². The van der Waals surface area contributed by atoms with Crippen LogP contribution in [0.25, 0.3) is 0 Å². The number of hydrogen-bond acceptors (Lipinski definition) is 1. The highest BCUT2D eigenvalue weighted by Crippen LogP contribution is 2.60. The SMILES string of the molecule is Cc1ccc(C23CC4CC(C2)C(N)C(C4)C3)c(C)c1C. The first-order chi connectivity index (χ1) is 9.50. The number of aryl methyl sites for hydroxylation is 1. The molecule has 1 nitrogen and oxygen atoms in total. The molecule has 0 saturated heterocycles. The van der Waals surface area contributed by atoms with Crippen LogP contribution in [0.15, 0.2) is 12.1 Å². The fourth-order valence-electron chi connectivity index (χ4n) is 5.92. The molecule has 4 bridgehead atoms. The van der Waals surface area contributed by atoms with Crippen molar-refractivity contribution in [1.29, 1.82) is 0 Å². The summed E-state index contributed by atoms with van der Waals surface area (Å²) in [5, 5.41) is 0. The summed E-state index contributed by atoms with van der Waals surface area (Å²) in [6, 6.07) is 5.28. The number of benzene rings is 1. The monoisotopic (exact) mass is 269 g/mol. The van der Waals surface area contributed by atoms with Gasteiger partial charge < -0.3 is 5.73 Å². The Labute approximate surface area is 122 Å². The van der Waals surface area contributed by atoms with Gasteiger partial charge in [-0.15, -0.1) is 0 Å². The quantitative estimate of drug-likeness (QED) is 0.819. The first-order valence-corrected chi connectivity index (χ1v) is 8.33. The van der Waals surface area contributed by atoms with Crippen LogP contribution in [0.4, 0.5) is 0 Å². The molecule has 0 aromatic heterocycles. The lowest BCUT2D eigenvalue weighted by Crippen LogP contribution is -2.58. The predicted octanol–water partition coefficient (Wildman–Crippen LogP) is 4.02. The summed E-state index contributed by atoms with van der Waals surface area (Å²) in [5.74, 6) is 2.54. The van der Waals surface area contributed by atoms with Crippen molar-refractivity contribution in [1.82, 2.24) is 0 Å². The molecule has 1 aromatic carbocycles. The molecular weight excluding hydrogens is 242 g/mol. The molecule has 4 fully saturated rings. The highest BCUT2D eigenvalue weighted by molar-refractivity contribution is 5.44. The second-order valence-electron chi connectivity index (χ2n) is 8.01. The summed E-state index contributed by atoms with van der Waals surface area (Å²) < 4.78 is 0. The second kappa shape index (κ2) is 4.10. The van der Waals surface area contributed by atoms with E-state index in [1.807, 2.05) is 0 Å². The minimum atomic E-state index is 0.467. The van der Waals surface area contributed by atoms with E-state index in [1.54, 1.807) is 11.1 Å². The van der Waals surface area contributed by atoms with Crippen molar-refractivity contribution in [3.8, 4) is 0 Å². The lowest BCUT2D eigenvalue weighted by Gasteiger charge is -2.60. The number of hydrogen-bond donors (Lipinski definition) is 1. The van der Waals surface area contributed by atoms with Crippen LogP contribution in [0.1, 0.15) is 54.4 Å². The fourth-order valence-corrected chi connectivity index (χ4v) is 5.92. The van der Waals surface area contributed by atoms with E-state index >= 15 is 0 Å². The molecule has 1 heteroatoms. The zero-order valence-corrected chi connectivity index (χ0v) is 13.1. The van der Waals surface area contributed by atoms with Crippen LogP contribution in [-0.4, -0.2) is 6.04 Å². The van der Waals surface area contributed by atoms with Gasteiger partial charge >= 0.3 is 0 Å². The molecule has 20 heavy (non-hydrogen) atoms. The summed E-state index contributed by atoms with van der Waals surface area (Å²) in [6.07, 6.45) is 6.94. The van der Waals surface area contributed by atoms with E-state index < -0.39 is 0 Å². The van der Waals surface area contributed by atoms with Crippen molar-refractivity contribution in [3.63, 3.8) is 0 Å². The lowest BCUT2D eigenvalue weighted by atomic mass is 9.46. The molecule has 2 atom stereocenters. The Bertz CT molecular complexity index is 543. The van der Waals surface area contributed by atoms with Gasteiger partial charge in [-0.3, -0.25) is 0 Å². The van der Waals surface area contributed by atoms with Crippen molar-refractivity contribution in [2.75, 3.05) is 0 Å². The summed E-state index contributed by atoms with van der Waals surface area (Å²) >= 11 is 0. The normalized spacial score (nSPS) is 42.2. The zero-order chi connectivity index (χ0) is 14.1. The molecule has 2 N–H and O–H groups in total.